The third kappa shape index (κ3) is 2.66. The van der Waals surface area contributed by atoms with Crippen molar-refractivity contribution in [3.8, 4) is 0 Å². The second-order valence-corrected chi connectivity index (χ2v) is 4.61. The van der Waals surface area contributed by atoms with Gasteiger partial charge in [-0.05, 0) is 18.3 Å². The summed E-state index contributed by atoms with van der Waals surface area (Å²) >= 11 is 0. The van der Waals surface area contributed by atoms with Gasteiger partial charge < -0.3 is 0 Å². The zero-order valence-corrected chi connectivity index (χ0v) is 9.27. The fourth-order valence-corrected chi connectivity index (χ4v) is 2.78. The van der Waals surface area contributed by atoms with Gasteiger partial charge in [0.15, 0.2) is 0 Å². The molecule has 14 heavy (non-hydrogen) atoms. The molecule has 0 aromatic rings. The second-order valence-electron chi connectivity index (χ2n) is 4.61. The quantitative estimate of drug-likeness (QED) is 0.648. The van der Waals surface area contributed by atoms with Gasteiger partial charge in [-0.3, -0.25) is 9.59 Å². The first-order valence-corrected chi connectivity index (χ1v) is 5.65. The van der Waals surface area contributed by atoms with Crippen LogP contribution in [0, 0.1) is 5.41 Å². The summed E-state index contributed by atoms with van der Waals surface area (Å²) < 4.78 is 0. The normalized spacial score (nSPS) is 21.3. The molecule has 2 nitrogen and oxygen atoms in total. The van der Waals surface area contributed by atoms with E-state index in [1.165, 1.54) is 0 Å². The molecule has 0 N–H and O–H groups in total. The summed E-state index contributed by atoms with van der Waals surface area (Å²) in [6.45, 7) is 4.25. The average molecular weight is 196 g/mol. The molecule has 0 saturated heterocycles. The van der Waals surface area contributed by atoms with E-state index in [0.29, 0.717) is 12.8 Å². The molecule has 0 bridgehead atoms. The van der Waals surface area contributed by atoms with Crippen LogP contribution in [0.3, 0.4) is 0 Å². The Kier molecular flexibility index (Phi) is 3.85. The molecule has 1 aliphatic carbocycles. The van der Waals surface area contributed by atoms with Crippen LogP contribution in [0.1, 0.15) is 58.8 Å². The van der Waals surface area contributed by atoms with Gasteiger partial charge in [0.1, 0.15) is 11.6 Å². The fraction of sp³-hybridized carbons (Fsp3) is 0.833. The smallest absolute Gasteiger partial charge is 0.140 e. The second kappa shape index (κ2) is 4.72. The van der Waals surface area contributed by atoms with Crippen molar-refractivity contribution < 1.29 is 9.59 Å². The molecular formula is C12H20O2. The van der Waals surface area contributed by atoms with Gasteiger partial charge >= 0.3 is 0 Å². The Hall–Kier alpha value is -0.660. The standard InChI is InChI=1S/C12H20O2/c1-3-5-12(6-4-2)8-10(13)7-11(14)9-12/h3-9H2,1-2H3. The number of ketones is 2. The lowest BCUT2D eigenvalue weighted by Crippen LogP contribution is -2.33. The van der Waals surface area contributed by atoms with Crippen LogP contribution in [0.15, 0.2) is 0 Å². The summed E-state index contributed by atoms with van der Waals surface area (Å²) in [5, 5.41) is 0. The Morgan fingerprint density at radius 2 is 1.43 bits per heavy atom. The molecule has 80 valence electrons. The van der Waals surface area contributed by atoms with Gasteiger partial charge in [-0.1, -0.05) is 26.7 Å². The number of Topliss-reactive ketones (excluding diaryl/α,β-unsaturated/α-hetero) is 2. The highest BCUT2D eigenvalue weighted by Gasteiger charge is 2.37. The molecule has 0 spiro atoms. The largest absolute Gasteiger partial charge is 0.299 e. The summed E-state index contributed by atoms with van der Waals surface area (Å²) in [6, 6.07) is 0. The Balaban J connectivity index is 2.73. The van der Waals surface area contributed by atoms with Crippen LogP contribution < -0.4 is 0 Å². The molecule has 0 radical (unpaired) electrons. The maximum atomic E-state index is 11.4. The highest BCUT2D eigenvalue weighted by atomic mass is 16.1. The predicted molar refractivity (Wildman–Crippen MR) is 56.1 cm³/mol. The number of carbonyl (C=O) groups excluding carboxylic acids is 2. The van der Waals surface area contributed by atoms with Crippen molar-refractivity contribution in [1.82, 2.24) is 0 Å². The Bertz CT molecular complexity index is 206. The topological polar surface area (TPSA) is 34.1 Å². The van der Waals surface area contributed by atoms with E-state index in [0.717, 1.165) is 25.7 Å². The number of rotatable bonds is 4. The van der Waals surface area contributed by atoms with Crippen molar-refractivity contribution in [3.63, 3.8) is 0 Å². The van der Waals surface area contributed by atoms with Crippen LogP contribution >= 0.6 is 0 Å². The van der Waals surface area contributed by atoms with Crippen LogP contribution in [0.2, 0.25) is 0 Å². The summed E-state index contributed by atoms with van der Waals surface area (Å²) in [5.41, 5.74) is 0.0237. The molecule has 0 aromatic carbocycles. The van der Waals surface area contributed by atoms with Gasteiger partial charge in [0.25, 0.3) is 0 Å². The molecule has 1 fully saturated rings. The number of hydrogen-bond donors (Lipinski definition) is 0. The minimum Gasteiger partial charge on any atom is -0.299 e. The summed E-state index contributed by atoms with van der Waals surface area (Å²) in [5.74, 6) is 0.311. The van der Waals surface area contributed by atoms with E-state index in [2.05, 4.69) is 13.8 Å². The van der Waals surface area contributed by atoms with Crippen LogP contribution in [-0.4, -0.2) is 11.6 Å². The average Bonchev–Trinajstić information content (AvgIpc) is 2.02. The van der Waals surface area contributed by atoms with Crippen LogP contribution in [0.4, 0.5) is 0 Å². The maximum absolute atomic E-state index is 11.4. The van der Waals surface area contributed by atoms with E-state index in [9.17, 15) is 9.59 Å². The minimum atomic E-state index is 0.0237. The molecule has 0 aromatic heterocycles. The zero-order chi connectivity index (χ0) is 10.6. The van der Waals surface area contributed by atoms with Crippen LogP contribution in [0.5, 0.6) is 0 Å². The van der Waals surface area contributed by atoms with Gasteiger partial charge in [-0.25, -0.2) is 0 Å². The van der Waals surface area contributed by atoms with Crippen LogP contribution in [0.25, 0.3) is 0 Å². The van der Waals surface area contributed by atoms with Gasteiger partial charge in [0.05, 0.1) is 6.42 Å². The van der Waals surface area contributed by atoms with Crippen molar-refractivity contribution in [2.45, 2.75) is 58.8 Å². The van der Waals surface area contributed by atoms with Crippen LogP contribution in [-0.2, 0) is 9.59 Å². The van der Waals surface area contributed by atoms with E-state index in [-0.39, 0.29) is 23.4 Å². The number of hydrogen-bond acceptors (Lipinski definition) is 2. The molecule has 0 amide bonds. The van der Waals surface area contributed by atoms with Crippen molar-refractivity contribution in [2.75, 3.05) is 0 Å². The van der Waals surface area contributed by atoms with E-state index in [1.807, 2.05) is 0 Å². The molecule has 0 aliphatic heterocycles. The Labute approximate surface area is 86.1 Å². The monoisotopic (exact) mass is 196 g/mol. The van der Waals surface area contributed by atoms with E-state index >= 15 is 0 Å². The molecule has 1 saturated carbocycles. The van der Waals surface area contributed by atoms with Gasteiger partial charge in [0, 0.05) is 12.8 Å². The lowest BCUT2D eigenvalue weighted by atomic mass is 9.68. The first-order chi connectivity index (χ1) is 6.62. The summed E-state index contributed by atoms with van der Waals surface area (Å²) in [4.78, 5) is 22.8. The SMILES string of the molecule is CCCC1(CCC)CC(=O)CC(=O)C1. The molecule has 0 unspecified atom stereocenters. The van der Waals surface area contributed by atoms with Crippen molar-refractivity contribution in [1.29, 1.82) is 0 Å². The summed E-state index contributed by atoms with van der Waals surface area (Å²) in [7, 11) is 0. The van der Waals surface area contributed by atoms with Gasteiger partial charge in [-0.15, -0.1) is 0 Å². The molecular weight excluding hydrogens is 176 g/mol. The number of carbonyl (C=O) groups is 2. The Morgan fingerprint density at radius 3 is 1.79 bits per heavy atom. The zero-order valence-electron chi connectivity index (χ0n) is 9.27. The van der Waals surface area contributed by atoms with E-state index < -0.39 is 0 Å². The van der Waals surface area contributed by atoms with E-state index in [4.69, 9.17) is 0 Å². The molecule has 0 heterocycles. The lowest BCUT2D eigenvalue weighted by molar-refractivity contribution is -0.134. The first-order valence-electron chi connectivity index (χ1n) is 5.65. The van der Waals surface area contributed by atoms with Gasteiger partial charge in [0.2, 0.25) is 0 Å². The molecule has 1 aliphatic rings. The third-order valence-corrected chi connectivity index (χ3v) is 3.10. The lowest BCUT2D eigenvalue weighted by Gasteiger charge is -2.35. The van der Waals surface area contributed by atoms with Crippen molar-refractivity contribution in [3.05, 3.63) is 0 Å². The predicted octanol–water partition coefficient (Wildman–Crippen LogP) is 2.90. The van der Waals surface area contributed by atoms with Gasteiger partial charge in [-0.2, -0.15) is 0 Å². The van der Waals surface area contributed by atoms with E-state index in [1.54, 1.807) is 0 Å². The molecule has 1 rings (SSSR count). The minimum absolute atomic E-state index is 0.0237. The highest BCUT2D eigenvalue weighted by molar-refractivity contribution is 6.02. The van der Waals surface area contributed by atoms with Crippen molar-refractivity contribution in [2.24, 2.45) is 5.41 Å². The first kappa shape index (κ1) is 11.4. The fourth-order valence-electron chi connectivity index (χ4n) is 2.78. The summed E-state index contributed by atoms with van der Waals surface area (Å²) in [6.07, 6.45) is 5.66. The Morgan fingerprint density at radius 1 is 1.00 bits per heavy atom. The molecule has 2 heteroatoms. The molecule has 0 atom stereocenters. The maximum Gasteiger partial charge on any atom is 0.140 e. The van der Waals surface area contributed by atoms with Crippen molar-refractivity contribution >= 4 is 11.6 Å². The third-order valence-electron chi connectivity index (χ3n) is 3.10. The highest BCUT2D eigenvalue weighted by Crippen LogP contribution is 2.41.